The molecule has 1 atom stereocenters. The van der Waals surface area contributed by atoms with Crippen LogP contribution in [-0.4, -0.2) is 49.5 Å². The Labute approximate surface area is 114 Å². The highest BCUT2D eigenvalue weighted by Crippen LogP contribution is 2.21. The van der Waals surface area contributed by atoms with Crippen LogP contribution < -0.4 is 5.32 Å². The lowest BCUT2D eigenvalue weighted by molar-refractivity contribution is -0.141. The normalized spacial score (nSPS) is 20.8. The maximum Gasteiger partial charge on any atom is 0.323 e. The van der Waals surface area contributed by atoms with E-state index in [4.69, 9.17) is 5.11 Å². The Balaban J connectivity index is 2.42. The molecule has 0 amide bonds. The molecule has 0 radical (unpaired) electrons. The van der Waals surface area contributed by atoms with E-state index in [1.807, 2.05) is 0 Å². The number of sulfonamides is 1. The molecule has 0 saturated carbocycles. The Hall–Kier alpha value is -1.58. The van der Waals surface area contributed by atoms with E-state index in [9.17, 15) is 22.0 Å². The first-order valence-corrected chi connectivity index (χ1v) is 7.18. The zero-order valence-corrected chi connectivity index (χ0v) is 11.0. The van der Waals surface area contributed by atoms with E-state index < -0.39 is 38.6 Å². The number of nitrogens with one attached hydrogen (secondary N) is 1. The van der Waals surface area contributed by atoms with Gasteiger partial charge in [-0.1, -0.05) is 0 Å². The number of piperazine rings is 1. The SMILES string of the molecule is O=C(O)C1CNCCN1S(=O)(=O)c1ccc(F)c(F)c1. The van der Waals surface area contributed by atoms with Crippen molar-refractivity contribution in [3.63, 3.8) is 0 Å². The van der Waals surface area contributed by atoms with Crippen molar-refractivity contribution in [3.8, 4) is 0 Å². The summed E-state index contributed by atoms with van der Waals surface area (Å²) in [6.45, 7) is 0.184. The first kappa shape index (κ1) is 14.8. The Morgan fingerprint density at radius 1 is 1.35 bits per heavy atom. The lowest BCUT2D eigenvalue weighted by Gasteiger charge is -2.32. The molecule has 1 fully saturated rings. The predicted molar refractivity (Wildman–Crippen MR) is 64.5 cm³/mol. The first-order valence-electron chi connectivity index (χ1n) is 5.74. The largest absolute Gasteiger partial charge is 0.480 e. The molecule has 6 nitrogen and oxygen atoms in total. The highest BCUT2D eigenvalue weighted by Gasteiger charge is 2.37. The molecule has 9 heteroatoms. The van der Waals surface area contributed by atoms with Crippen molar-refractivity contribution in [2.24, 2.45) is 0 Å². The molecule has 1 aliphatic rings. The molecule has 0 aliphatic carbocycles. The predicted octanol–water partition coefficient (Wildman–Crippen LogP) is 0.0119. The zero-order chi connectivity index (χ0) is 14.9. The van der Waals surface area contributed by atoms with Gasteiger partial charge in [-0.25, -0.2) is 17.2 Å². The van der Waals surface area contributed by atoms with Gasteiger partial charge in [-0.2, -0.15) is 4.31 Å². The summed E-state index contributed by atoms with van der Waals surface area (Å²) in [6.07, 6.45) is 0. The Bertz CT molecular complexity index is 635. The van der Waals surface area contributed by atoms with E-state index in [0.717, 1.165) is 10.4 Å². The van der Waals surface area contributed by atoms with Crippen LogP contribution in [0.3, 0.4) is 0 Å². The van der Waals surface area contributed by atoms with Crippen LogP contribution in [-0.2, 0) is 14.8 Å². The third kappa shape index (κ3) is 2.65. The number of carboxylic acid groups (broad SMARTS) is 1. The molecule has 1 aromatic carbocycles. The third-order valence-electron chi connectivity index (χ3n) is 2.98. The van der Waals surface area contributed by atoms with Gasteiger partial charge in [0.1, 0.15) is 6.04 Å². The molecule has 0 spiro atoms. The second kappa shape index (κ2) is 5.43. The standard InChI is InChI=1S/C11H12F2N2O4S/c12-8-2-1-7(5-9(8)13)20(18,19)15-4-3-14-6-10(15)11(16)17/h1-2,5,10,14H,3-4,6H2,(H,16,17). The molecule has 1 heterocycles. The fraction of sp³-hybridized carbons (Fsp3) is 0.364. The average molecular weight is 306 g/mol. The molecule has 1 aliphatic heterocycles. The fourth-order valence-electron chi connectivity index (χ4n) is 1.96. The van der Waals surface area contributed by atoms with Crippen LogP contribution in [0.1, 0.15) is 0 Å². The molecule has 2 N–H and O–H groups in total. The van der Waals surface area contributed by atoms with Crippen molar-refractivity contribution in [2.75, 3.05) is 19.6 Å². The van der Waals surface area contributed by atoms with Gasteiger partial charge < -0.3 is 10.4 Å². The number of nitrogens with zero attached hydrogens (tertiary/aromatic N) is 1. The molecule has 20 heavy (non-hydrogen) atoms. The number of aliphatic carboxylic acids is 1. The lowest BCUT2D eigenvalue weighted by Crippen LogP contribution is -2.56. The van der Waals surface area contributed by atoms with Crippen molar-refractivity contribution >= 4 is 16.0 Å². The van der Waals surface area contributed by atoms with Gasteiger partial charge in [0.2, 0.25) is 10.0 Å². The molecular weight excluding hydrogens is 294 g/mol. The number of rotatable bonds is 3. The molecule has 1 unspecified atom stereocenters. The minimum Gasteiger partial charge on any atom is -0.480 e. The molecule has 2 rings (SSSR count). The van der Waals surface area contributed by atoms with Gasteiger partial charge >= 0.3 is 5.97 Å². The number of hydrogen-bond donors (Lipinski definition) is 2. The summed E-state index contributed by atoms with van der Waals surface area (Å²) in [5.74, 6) is -3.77. The van der Waals surface area contributed by atoms with Gasteiger partial charge in [-0.15, -0.1) is 0 Å². The van der Waals surface area contributed by atoms with Crippen molar-refractivity contribution in [2.45, 2.75) is 10.9 Å². The summed E-state index contributed by atoms with van der Waals surface area (Å²) in [7, 11) is -4.19. The zero-order valence-electron chi connectivity index (χ0n) is 10.2. The summed E-state index contributed by atoms with van der Waals surface area (Å²) in [4.78, 5) is 10.6. The van der Waals surface area contributed by atoms with E-state index in [1.54, 1.807) is 0 Å². The maximum atomic E-state index is 13.1. The van der Waals surface area contributed by atoms with Crippen molar-refractivity contribution in [1.29, 1.82) is 0 Å². The lowest BCUT2D eigenvalue weighted by atomic mass is 10.2. The van der Waals surface area contributed by atoms with Gasteiger partial charge in [0.15, 0.2) is 11.6 Å². The first-order chi connectivity index (χ1) is 9.34. The summed E-state index contributed by atoms with van der Waals surface area (Å²) < 4.78 is 51.4. The van der Waals surface area contributed by atoms with Crippen LogP contribution in [0.15, 0.2) is 23.1 Å². The van der Waals surface area contributed by atoms with E-state index in [2.05, 4.69) is 5.32 Å². The summed E-state index contributed by atoms with van der Waals surface area (Å²) in [5.41, 5.74) is 0. The topological polar surface area (TPSA) is 86.7 Å². The van der Waals surface area contributed by atoms with E-state index in [0.29, 0.717) is 12.1 Å². The summed E-state index contributed by atoms with van der Waals surface area (Å²) in [5, 5.41) is 11.8. The summed E-state index contributed by atoms with van der Waals surface area (Å²) >= 11 is 0. The summed E-state index contributed by atoms with van der Waals surface area (Å²) in [6, 6.07) is 0.877. The Kier molecular flexibility index (Phi) is 4.02. The van der Waals surface area contributed by atoms with E-state index >= 15 is 0 Å². The minimum atomic E-state index is -4.19. The second-order valence-corrected chi connectivity index (χ2v) is 6.14. The van der Waals surface area contributed by atoms with Gasteiger partial charge in [0.05, 0.1) is 4.90 Å². The van der Waals surface area contributed by atoms with Gasteiger partial charge in [-0.3, -0.25) is 4.79 Å². The monoisotopic (exact) mass is 306 g/mol. The van der Waals surface area contributed by atoms with E-state index in [-0.39, 0.29) is 19.6 Å². The van der Waals surface area contributed by atoms with Gasteiger partial charge in [-0.05, 0) is 18.2 Å². The molecule has 1 saturated heterocycles. The van der Waals surface area contributed by atoms with Gasteiger partial charge in [0.25, 0.3) is 0 Å². The molecule has 110 valence electrons. The maximum absolute atomic E-state index is 13.1. The van der Waals surface area contributed by atoms with E-state index in [1.165, 1.54) is 0 Å². The smallest absolute Gasteiger partial charge is 0.323 e. The highest BCUT2D eigenvalue weighted by molar-refractivity contribution is 7.89. The van der Waals surface area contributed by atoms with Gasteiger partial charge in [0, 0.05) is 19.6 Å². The fourth-order valence-corrected chi connectivity index (χ4v) is 3.55. The van der Waals surface area contributed by atoms with Crippen LogP contribution >= 0.6 is 0 Å². The third-order valence-corrected chi connectivity index (χ3v) is 4.88. The van der Waals surface area contributed by atoms with Crippen molar-refractivity contribution < 1.29 is 27.1 Å². The van der Waals surface area contributed by atoms with Crippen LogP contribution in [0.25, 0.3) is 0 Å². The highest BCUT2D eigenvalue weighted by atomic mass is 32.2. The number of halogens is 2. The molecular formula is C11H12F2N2O4S. The van der Waals surface area contributed by atoms with Crippen molar-refractivity contribution in [1.82, 2.24) is 9.62 Å². The van der Waals surface area contributed by atoms with Crippen LogP contribution in [0.2, 0.25) is 0 Å². The number of hydrogen-bond acceptors (Lipinski definition) is 4. The van der Waals surface area contributed by atoms with Crippen LogP contribution in [0.4, 0.5) is 8.78 Å². The van der Waals surface area contributed by atoms with Crippen molar-refractivity contribution in [3.05, 3.63) is 29.8 Å². The minimum absolute atomic E-state index is 0.0434. The Morgan fingerprint density at radius 3 is 2.65 bits per heavy atom. The number of carboxylic acids is 1. The van der Waals surface area contributed by atoms with Crippen LogP contribution in [0, 0.1) is 11.6 Å². The Morgan fingerprint density at radius 2 is 2.05 bits per heavy atom. The molecule has 0 aromatic heterocycles. The quantitative estimate of drug-likeness (QED) is 0.821. The molecule has 0 bridgehead atoms. The number of carbonyl (C=O) groups is 1. The number of benzene rings is 1. The average Bonchev–Trinajstić information content (AvgIpc) is 2.41. The van der Waals surface area contributed by atoms with Crippen LogP contribution in [0.5, 0.6) is 0 Å². The second-order valence-electron chi connectivity index (χ2n) is 4.25. The molecule has 1 aromatic rings.